The summed E-state index contributed by atoms with van der Waals surface area (Å²) in [6.07, 6.45) is -0.569. The smallest absolute Gasteiger partial charge is 0.326 e. The molecule has 5 atom stereocenters. The van der Waals surface area contributed by atoms with Crippen LogP contribution in [0.1, 0.15) is 39.0 Å². The van der Waals surface area contributed by atoms with E-state index in [1.807, 2.05) is 5.32 Å². The third-order valence-electron chi connectivity index (χ3n) is 5.01. The highest BCUT2D eigenvalue weighted by molar-refractivity contribution is 5.95. The normalized spacial score (nSPS) is 18.6. The molecule has 0 aromatic rings. The Labute approximate surface area is 195 Å². The molecule has 0 aromatic heterocycles. The predicted molar refractivity (Wildman–Crippen MR) is 118 cm³/mol. The van der Waals surface area contributed by atoms with Gasteiger partial charge in [0, 0.05) is 6.54 Å². The number of hydrogen-bond donors (Lipinski definition) is 9. The Balaban J connectivity index is 2.92. The fourth-order valence-electron chi connectivity index (χ4n) is 3.25. The predicted octanol–water partition coefficient (Wildman–Crippen LogP) is -3.81. The summed E-state index contributed by atoms with van der Waals surface area (Å²) < 4.78 is 0. The molecule has 0 aliphatic carbocycles. The molecule has 0 radical (unpaired) electrons. The third-order valence-corrected chi connectivity index (χ3v) is 5.01. The Hall–Kier alpha value is -3.46. The third kappa shape index (κ3) is 9.99. The van der Waals surface area contributed by atoms with Crippen LogP contribution in [0.4, 0.5) is 0 Å². The van der Waals surface area contributed by atoms with E-state index in [1.54, 1.807) is 0 Å². The monoisotopic (exact) mass is 487 g/mol. The summed E-state index contributed by atoms with van der Waals surface area (Å²) in [4.78, 5) is 63.8. The molecule has 34 heavy (non-hydrogen) atoms. The van der Waals surface area contributed by atoms with Gasteiger partial charge in [0.05, 0.1) is 18.6 Å². The number of carboxylic acid groups (broad SMARTS) is 2. The molecule has 1 aliphatic heterocycles. The first kappa shape index (κ1) is 28.6. The Morgan fingerprint density at radius 2 is 1.74 bits per heavy atom. The van der Waals surface area contributed by atoms with E-state index >= 15 is 0 Å². The summed E-state index contributed by atoms with van der Waals surface area (Å²) in [5, 5.41) is 37.8. The number of nitrogens with one attached hydrogen (secondary N) is 4. The Morgan fingerprint density at radius 1 is 1.06 bits per heavy atom. The van der Waals surface area contributed by atoms with E-state index in [0.29, 0.717) is 19.4 Å². The minimum Gasteiger partial charge on any atom is -0.481 e. The van der Waals surface area contributed by atoms with E-state index in [9.17, 15) is 29.1 Å². The van der Waals surface area contributed by atoms with Crippen molar-refractivity contribution in [3.05, 3.63) is 0 Å². The van der Waals surface area contributed by atoms with Gasteiger partial charge in [-0.15, -0.1) is 0 Å². The zero-order chi connectivity index (χ0) is 25.8. The first-order valence-electron chi connectivity index (χ1n) is 10.7. The van der Waals surface area contributed by atoms with Crippen LogP contribution >= 0.6 is 0 Å². The maximum atomic E-state index is 12.9. The summed E-state index contributed by atoms with van der Waals surface area (Å²) in [5.41, 5.74) is 10.6. The molecule has 192 valence electrons. The zero-order valence-corrected chi connectivity index (χ0v) is 18.8. The first-order valence-corrected chi connectivity index (χ1v) is 10.7. The summed E-state index contributed by atoms with van der Waals surface area (Å²) >= 11 is 0. The number of aliphatic hydroxyl groups is 1. The molecule has 1 aliphatic rings. The summed E-state index contributed by atoms with van der Waals surface area (Å²) in [6, 6.07) is -4.96. The highest BCUT2D eigenvalue weighted by Crippen LogP contribution is 2.08. The number of aliphatic hydroxyl groups excluding tert-OH is 1. The number of hydrogen-bond acceptors (Lipinski definition) is 8. The van der Waals surface area contributed by atoms with E-state index in [2.05, 4.69) is 20.9 Å². The number of aliphatic carboxylic acids is 2. The fourth-order valence-corrected chi connectivity index (χ4v) is 3.25. The topological polar surface area (TPSA) is 259 Å². The van der Waals surface area contributed by atoms with Crippen molar-refractivity contribution in [1.29, 1.82) is 0 Å². The number of carbonyl (C=O) groups is 5. The molecule has 0 spiro atoms. The summed E-state index contributed by atoms with van der Waals surface area (Å²) in [5.74, 6) is -5.51. The highest BCUT2D eigenvalue weighted by atomic mass is 16.4. The number of amides is 3. The number of nitrogens with two attached hydrogens (primary N) is 2. The quantitative estimate of drug-likeness (QED) is 0.0651. The second kappa shape index (κ2) is 13.9. The van der Waals surface area contributed by atoms with Gasteiger partial charge in [0.25, 0.3) is 0 Å². The molecule has 0 bridgehead atoms. The highest BCUT2D eigenvalue weighted by Gasteiger charge is 2.33. The van der Waals surface area contributed by atoms with Crippen LogP contribution in [-0.2, 0) is 24.0 Å². The molecule has 15 nitrogen and oxygen atoms in total. The van der Waals surface area contributed by atoms with Crippen molar-refractivity contribution in [3.63, 3.8) is 0 Å². The molecule has 5 unspecified atom stereocenters. The molecule has 15 heteroatoms. The van der Waals surface area contributed by atoms with Crippen LogP contribution in [0.5, 0.6) is 0 Å². The van der Waals surface area contributed by atoms with Crippen molar-refractivity contribution in [2.75, 3.05) is 13.1 Å². The lowest BCUT2D eigenvalue weighted by Gasteiger charge is -2.26. The number of nitrogens with zero attached hydrogens (tertiary/aromatic N) is 1. The van der Waals surface area contributed by atoms with Crippen molar-refractivity contribution in [3.8, 4) is 0 Å². The fraction of sp³-hybridized carbons (Fsp3) is 0.684. The van der Waals surface area contributed by atoms with Crippen LogP contribution < -0.4 is 32.7 Å². The standard InChI is InChI=1S/C19H33N7O8/c1-9(27)14(17(32)25-12(18(33)34)8-13(28)29)26-16(31)11(5-3-7-23-19(20)21)24-15(30)10-4-2-6-22-10/h9-12,14,22,27H,2-8H2,1H3,(H,24,30)(H,25,32)(H,26,31)(H,28,29)(H,33,34)(H4,20,21,23). The van der Waals surface area contributed by atoms with E-state index in [0.717, 1.165) is 6.42 Å². The van der Waals surface area contributed by atoms with Gasteiger partial charge in [-0.05, 0) is 39.2 Å². The Morgan fingerprint density at radius 3 is 2.24 bits per heavy atom. The molecule has 0 aromatic carbocycles. The number of carbonyl (C=O) groups excluding carboxylic acids is 3. The van der Waals surface area contributed by atoms with Crippen LogP contribution in [0.25, 0.3) is 0 Å². The van der Waals surface area contributed by atoms with E-state index in [-0.39, 0.29) is 18.9 Å². The minimum atomic E-state index is -1.77. The maximum Gasteiger partial charge on any atom is 0.326 e. The molecule has 3 amide bonds. The molecule has 1 rings (SSSR count). The van der Waals surface area contributed by atoms with Crippen LogP contribution in [0.3, 0.4) is 0 Å². The average Bonchev–Trinajstić information content (AvgIpc) is 3.27. The van der Waals surface area contributed by atoms with Gasteiger partial charge in [-0.2, -0.15) is 0 Å². The van der Waals surface area contributed by atoms with Gasteiger partial charge >= 0.3 is 11.9 Å². The van der Waals surface area contributed by atoms with Crippen molar-refractivity contribution in [1.82, 2.24) is 21.3 Å². The largest absolute Gasteiger partial charge is 0.481 e. The van der Waals surface area contributed by atoms with Crippen LogP contribution in [0.15, 0.2) is 4.99 Å². The number of carboxylic acids is 2. The second-order valence-corrected chi connectivity index (χ2v) is 7.88. The molecule has 1 heterocycles. The van der Waals surface area contributed by atoms with Crippen LogP contribution in [0.2, 0.25) is 0 Å². The number of guanidine groups is 1. The van der Waals surface area contributed by atoms with Gasteiger partial charge in [0.15, 0.2) is 5.96 Å². The van der Waals surface area contributed by atoms with Gasteiger partial charge in [-0.1, -0.05) is 0 Å². The molecular formula is C19H33N7O8. The van der Waals surface area contributed by atoms with Crippen molar-refractivity contribution >= 4 is 35.6 Å². The average molecular weight is 488 g/mol. The van der Waals surface area contributed by atoms with Crippen LogP contribution in [-0.4, -0.2) is 94.3 Å². The van der Waals surface area contributed by atoms with Gasteiger partial charge < -0.3 is 48.1 Å². The first-order chi connectivity index (χ1) is 15.9. The van der Waals surface area contributed by atoms with Gasteiger partial charge in [0.2, 0.25) is 17.7 Å². The zero-order valence-electron chi connectivity index (χ0n) is 18.8. The van der Waals surface area contributed by atoms with Crippen molar-refractivity contribution in [2.24, 2.45) is 16.5 Å². The maximum absolute atomic E-state index is 12.9. The summed E-state index contributed by atoms with van der Waals surface area (Å²) in [7, 11) is 0. The van der Waals surface area contributed by atoms with E-state index in [4.69, 9.17) is 21.7 Å². The summed E-state index contributed by atoms with van der Waals surface area (Å²) in [6.45, 7) is 2.02. The minimum absolute atomic E-state index is 0.103. The lowest BCUT2D eigenvalue weighted by Crippen LogP contribution is -2.60. The molecule has 11 N–H and O–H groups in total. The SMILES string of the molecule is CC(O)C(NC(=O)C(CCCN=C(N)N)NC(=O)C1CCCN1)C(=O)NC(CC(=O)O)C(=O)O. The van der Waals surface area contributed by atoms with Crippen molar-refractivity contribution < 1.29 is 39.3 Å². The lowest BCUT2D eigenvalue weighted by molar-refractivity contribution is -0.148. The van der Waals surface area contributed by atoms with Gasteiger partial charge in [0.1, 0.15) is 18.1 Å². The number of rotatable bonds is 14. The number of aliphatic imine (C=N–C) groups is 1. The van der Waals surface area contributed by atoms with Gasteiger partial charge in [-0.3, -0.25) is 24.2 Å². The van der Waals surface area contributed by atoms with E-state index in [1.165, 1.54) is 6.92 Å². The second-order valence-electron chi connectivity index (χ2n) is 7.88. The molecular weight excluding hydrogens is 454 g/mol. The van der Waals surface area contributed by atoms with Crippen molar-refractivity contribution in [2.45, 2.75) is 69.3 Å². The molecule has 0 saturated carbocycles. The van der Waals surface area contributed by atoms with E-state index < -0.39 is 66.4 Å². The Bertz CT molecular complexity index is 779. The molecule has 1 fully saturated rings. The molecule has 1 saturated heterocycles. The van der Waals surface area contributed by atoms with Crippen LogP contribution in [0, 0.1) is 0 Å². The Kier molecular flexibility index (Phi) is 11.7. The lowest BCUT2D eigenvalue weighted by atomic mass is 10.1. The van der Waals surface area contributed by atoms with Gasteiger partial charge in [-0.25, -0.2) is 4.79 Å².